The zero-order valence-electron chi connectivity index (χ0n) is 12.1. The number of ether oxygens (including phenoxy) is 4. The molecule has 0 aromatic carbocycles. The first-order chi connectivity index (χ1) is 8.89. The summed E-state index contributed by atoms with van der Waals surface area (Å²) in [7, 11) is -1.18. The lowest BCUT2D eigenvalue weighted by atomic mass is 10.3. The molecule has 2 saturated heterocycles. The van der Waals surface area contributed by atoms with E-state index < -0.39 is 14.0 Å². The van der Waals surface area contributed by atoms with Crippen molar-refractivity contribution >= 4 is 14.0 Å². The van der Waals surface area contributed by atoms with Crippen LogP contribution in [0.15, 0.2) is 0 Å². The molecule has 0 bridgehead atoms. The molecule has 110 valence electrons. The van der Waals surface area contributed by atoms with E-state index in [4.69, 9.17) is 18.9 Å². The van der Waals surface area contributed by atoms with Gasteiger partial charge in [0.15, 0.2) is 0 Å². The molecular weight excluding hydrogens is 264 g/mol. The second kappa shape index (κ2) is 5.91. The standard InChI is InChI=1S/C13H24O5Si/c1-19(2,3)8-5-12(14)15-9-11-10-17-13(18-11)6-4-7-16-13/h11H,4-10H2,1-3H3. The van der Waals surface area contributed by atoms with Crippen molar-refractivity contribution in [2.45, 2.75) is 57.0 Å². The van der Waals surface area contributed by atoms with Crippen molar-refractivity contribution in [1.82, 2.24) is 0 Å². The van der Waals surface area contributed by atoms with E-state index in [0.717, 1.165) is 18.9 Å². The van der Waals surface area contributed by atoms with Crippen molar-refractivity contribution in [1.29, 1.82) is 0 Å². The van der Waals surface area contributed by atoms with Crippen molar-refractivity contribution in [2.24, 2.45) is 0 Å². The van der Waals surface area contributed by atoms with Crippen molar-refractivity contribution in [2.75, 3.05) is 19.8 Å². The molecular formula is C13H24O5Si. The molecule has 19 heavy (non-hydrogen) atoms. The molecule has 2 unspecified atom stereocenters. The van der Waals surface area contributed by atoms with Crippen LogP contribution in [0.2, 0.25) is 25.7 Å². The third kappa shape index (κ3) is 4.56. The van der Waals surface area contributed by atoms with Gasteiger partial charge in [-0.05, 0) is 12.5 Å². The van der Waals surface area contributed by atoms with Crippen LogP contribution in [0.5, 0.6) is 0 Å². The normalized spacial score (nSPS) is 31.0. The molecule has 0 aromatic rings. The lowest BCUT2D eigenvalue weighted by Crippen LogP contribution is -2.30. The van der Waals surface area contributed by atoms with Crippen LogP contribution in [0, 0.1) is 0 Å². The van der Waals surface area contributed by atoms with Crippen molar-refractivity contribution in [3.05, 3.63) is 0 Å². The monoisotopic (exact) mass is 288 g/mol. The van der Waals surface area contributed by atoms with Gasteiger partial charge < -0.3 is 18.9 Å². The summed E-state index contributed by atoms with van der Waals surface area (Å²) in [5.41, 5.74) is 0. The minimum atomic E-state index is -1.18. The van der Waals surface area contributed by atoms with Gasteiger partial charge in [0.25, 0.3) is 5.97 Å². The molecule has 1 spiro atoms. The summed E-state index contributed by atoms with van der Waals surface area (Å²) in [6, 6.07) is 0.959. The highest BCUT2D eigenvalue weighted by molar-refractivity contribution is 6.76. The second-order valence-electron chi connectivity index (χ2n) is 6.43. The first-order valence-corrected chi connectivity index (χ1v) is 10.7. The smallest absolute Gasteiger partial charge is 0.305 e. The van der Waals surface area contributed by atoms with E-state index in [-0.39, 0.29) is 18.7 Å². The first kappa shape index (κ1) is 15.0. The highest BCUT2D eigenvalue weighted by Crippen LogP contribution is 2.34. The van der Waals surface area contributed by atoms with Gasteiger partial charge in [0.1, 0.15) is 12.7 Å². The SMILES string of the molecule is C[Si](C)(C)CCC(=O)OCC1COC2(CCCO2)O1. The van der Waals surface area contributed by atoms with Gasteiger partial charge >= 0.3 is 5.97 Å². The van der Waals surface area contributed by atoms with Crippen LogP contribution in [0.1, 0.15) is 19.3 Å². The number of hydrogen-bond donors (Lipinski definition) is 0. The molecule has 0 saturated carbocycles. The van der Waals surface area contributed by atoms with Crippen LogP contribution in [0.25, 0.3) is 0 Å². The number of carbonyl (C=O) groups excluding carboxylic acids is 1. The molecule has 0 aromatic heterocycles. The van der Waals surface area contributed by atoms with Gasteiger partial charge in [-0.3, -0.25) is 4.79 Å². The van der Waals surface area contributed by atoms with Crippen LogP contribution in [-0.2, 0) is 23.7 Å². The number of hydrogen-bond acceptors (Lipinski definition) is 5. The van der Waals surface area contributed by atoms with E-state index in [1.54, 1.807) is 0 Å². The zero-order chi connectivity index (χ0) is 13.9. The van der Waals surface area contributed by atoms with E-state index >= 15 is 0 Å². The summed E-state index contributed by atoms with van der Waals surface area (Å²) in [6.45, 7) is 8.10. The van der Waals surface area contributed by atoms with Crippen molar-refractivity contribution in [3.63, 3.8) is 0 Å². The molecule has 0 radical (unpaired) electrons. The Morgan fingerprint density at radius 1 is 1.37 bits per heavy atom. The fraction of sp³-hybridized carbons (Fsp3) is 0.923. The van der Waals surface area contributed by atoms with Gasteiger partial charge in [-0.25, -0.2) is 0 Å². The maximum absolute atomic E-state index is 11.6. The number of esters is 1. The van der Waals surface area contributed by atoms with Gasteiger partial charge in [0, 0.05) is 20.9 Å². The minimum Gasteiger partial charge on any atom is -0.463 e. The van der Waals surface area contributed by atoms with Gasteiger partial charge in [-0.2, -0.15) is 0 Å². The molecule has 2 heterocycles. The van der Waals surface area contributed by atoms with E-state index in [9.17, 15) is 4.79 Å². The van der Waals surface area contributed by atoms with Gasteiger partial charge in [0.2, 0.25) is 0 Å². The van der Waals surface area contributed by atoms with Crippen LogP contribution in [-0.4, -0.2) is 45.9 Å². The van der Waals surface area contributed by atoms with E-state index in [2.05, 4.69) is 19.6 Å². The summed E-state index contributed by atoms with van der Waals surface area (Å²) in [5, 5.41) is 0. The van der Waals surface area contributed by atoms with Crippen LogP contribution >= 0.6 is 0 Å². The lowest BCUT2D eigenvalue weighted by molar-refractivity contribution is -0.315. The Hall–Kier alpha value is -0.433. The summed E-state index contributed by atoms with van der Waals surface area (Å²) in [6.07, 6.45) is 2.01. The average Bonchev–Trinajstić information content (AvgIpc) is 2.94. The van der Waals surface area contributed by atoms with Crippen LogP contribution in [0.3, 0.4) is 0 Å². The lowest BCUT2D eigenvalue weighted by Gasteiger charge is -2.20. The molecule has 2 fully saturated rings. The summed E-state index contributed by atoms with van der Waals surface area (Å²) in [4.78, 5) is 11.6. The Kier molecular flexibility index (Phi) is 4.65. The Balaban J connectivity index is 1.65. The van der Waals surface area contributed by atoms with E-state index in [1.165, 1.54) is 0 Å². The third-order valence-electron chi connectivity index (χ3n) is 3.29. The number of rotatable bonds is 5. The fourth-order valence-corrected chi connectivity index (χ4v) is 3.11. The van der Waals surface area contributed by atoms with Gasteiger partial charge in [-0.1, -0.05) is 19.6 Å². The first-order valence-electron chi connectivity index (χ1n) is 7.00. The molecule has 0 amide bonds. The van der Waals surface area contributed by atoms with Gasteiger partial charge in [-0.15, -0.1) is 0 Å². The molecule has 2 rings (SSSR count). The van der Waals surface area contributed by atoms with Crippen LogP contribution < -0.4 is 0 Å². The summed E-state index contributed by atoms with van der Waals surface area (Å²) in [5.74, 6) is -0.991. The predicted octanol–water partition coefficient (Wildman–Crippen LogP) is 2.14. The average molecular weight is 288 g/mol. The molecule has 2 atom stereocenters. The molecule has 0 aliphatic carbocycles. The highest BCUT2D eigenvalue weighted by Gasteiger charge is 2.45. The number of carbonyl (C=O) groups is 1. The van der Waals surface area contributed by atoms with E-state index in [1.807, 2.05) is 0 Å². The Labute approximate surface area is 115 Å². The molecule has 6 heteroatoms. The molecule has 0 N–H and O–H groups in total. The second-order valence-corrected chi connectivity index (χ2v) is 12.1. The van der Waals surface area contributed by atoms with E-state index in [0.29, 0.717) is 19.6 Å². The Bertz CT molecular complexity index is 319. The topological polar surface area (TPSA) is 54.0 Å². The molecule has 5 nitrogen and oxygen atoms in total. The maximum Gasteiger partial charge on any atom is 0.305 e. The maximum atomic E-state index is 11.6. The Morgan fingerprint density at radius 3 is 2.79 bits per heavy atom. The Morgan fingerprint density at radius 2 is 2.16 bits per heavy atom. The largest absolute Gasteiger partial charge is 0.463 e. The zero-order valence-corrected chi connectivity index (χ0v) is 13.1. The highest BCUT2D eigenvalue weighted by atomic mass is 28.3. The third-order valence-corrected chi connectivity index (χ3v) is 5.04. The summed E-state index contributed by atoms with van der Waals surface area (Å²) >= 11 is 0. The molecule has 2 aliphatic heterocycles. The predicted molar refractivity (Wildman–Crippen MR) is 72.5 cm³/mol. The van der Waals surface area contributed by atoms with Crippen LogP contribution in [0.4, 0.5) is 0 Å². The quantitative estimate of drug-likeness (QED) is 0.573. The van der Waals surface area contributed by atoms with Gasteiger partial charge in [0.05, 0.1) is 13.2 Å². The fourth-order valence-electron chi connectivity index (χ4n) is 2.15. The minimum absolute atomic E-state index is 0.140. The summed E-state index contributed by atoms with van der Waals surface area (Å²) < 4.78 is 21.9. The van der Waals surface area contributed by atoms with Crippen molar-refractivity contribution in [3.8, 4) is 0 Å². The molecule has 2 aliphatic rings. The van der Waals surface area contributed by atoms with Crippen molar-refractivity contribution < 1.29 is 23.7 Å².